The van der Waals surface area contributed by atoms with Gasteiger partial charge in [-0.25, -0.2) is 4.98 Å². The minimum absolute atomic E-state index is 1.01. The molecule has 0 saturated carbocycles. The van der Waals surface area contributed by atoms with Crippen LogP contribution in [0.2, 0.25) is 0 Å². The summed E-state index contributed by atoms with van der Waals surface area (Å²) in [4.78, 5) is 6.79. The second-order valence-corrected chi connectivity index (χ2v) is 4.91. The van der Waals surface area contributed by atoms with Gasteiger partial charge in [0.1, 0.15) is 5.82 Å². The van der Waals surface area contributed by atoms with Crippen LogP contribution in [0.1, 0.15) is 17.8 Å². The van der Waals surface area contributed by atoms with E-state index in [2.05, 4.69) is 59.0 Å². The lowest BCUT2D eigenvalue weighted by Gasteiger charge is -2.11. The molecule has 3 nitrogen and oxygen atoms in total. The van der Waals surface area contributed by atoms with E-state index in [-0.39, 0.29) is 0 Å². The molecule has 0 fully saturated rings. The van der Waals surface area contributed by atoms with Crippen molar-refractivity contribution in [1.29, 1.82) is 0 Å². The molecule has 18 heavy (non-hydrogen) atoms. The standard InChI is InChI=1S/C15H21N3/c1-13-7-4-10-15(16-13)18-12-6-9-14(18)8-5-11-17(2)3/h4,6-7,9-10,12H,5,8,11H2,1-3H3. The van der Waals surface area contributed by atoms with Gasteiger partial charge in [-0.2, -0.15) is 0 Å². The van der Waals surface area contributed by atoms with Crippen LogP contribution in [0.3, 0.4) is 0 Å². The first-order valence-corrected chi connectivity index (χ1v) is 6.42. The highest BCUT2D eigenvalue weighted by molar-refractivity contribution is 5.29. The van der Waals surface area contributed by atoms with E-state index in [1.165, 1.54) is 12.1 Å². The van der Waals surface area contributed by atoms with Crippen molar-refractivity contribution in [3.8, 4) is 5.82 Å². The first kappa shape index (κ1) is 12.8. The average Bonchev–Trinajstić information content (AvgIpc) is 2.77. The zero-order chi connectivity index (χ0) is 13.0. The van der Waals surface area contributed by atoms with Crippen LogP contribution in [0.15, 0.2) is 36.5 Å². The van der Waals surface area contributed by atoms with E-state index in [4.69, 9.17) is 0 Å². The Morgan fingerprint density at radius 3 is 2.72 bits per heavy atom. The lowest BCUT2D eigenvalue weighted by atomic mass is 10.2. The molecule has 0 bridgehead atoms. The molecule has 0 amide bonds. The van der Waals surface area contributed by atoms with E-state index in [0.717, 1.165) is 24.5 Å². The number of aryl methyl sites for hydroxylation is 2. The smallest absolute Gasteiger partial charge is 0.137 e. The summed E-state index contributed by atoms with van der Waals surface area (Å²) < 4.78 is 2.18. The fraction of sp³-hybridized carbons (Fsp3) is 0.400. The minimum atomic E-state index is 1.01. The van der Waals surface area contributed by atoms with Crippen LogP contribution in [0.25, 0.3) is 5.82 Å². The third kappa shape index (κ3) is 3.20. The molecule has 3 heteroatoms. The van der Waals surface area contributed by atoms with Crippen LogP contribution in [-0.2, 0) is 6.42 Å². The Kier molecular flexibility index (Phi) is 4.15. The fourth-order valence-electron chi connectivity index (χ4n) is 2.08. The second-order valence-electron chi connectivity index (χ2n) is 4.91. The van der Waals surface area contributed by atoms with Gasteiger partial charge < -0.3 is 9.47 Å². The molecule has 2 aromatic heterocycles. The predicted octanol–water partition coefficient (Wildman–Crippen LogP) is 2.67. The second kappa shape index (κ2) is 5.83. The highest BCUT2D eigenvalue weighted by Gasteiger charge is 2.04. The van der Waals surface area contributed by atoms with Crippen molar-refractivity contribution in [1.82, 2.24) is 14.5 Å². The molecule has 96 valence electrons. The van der Waals surface area contributed by atoms with Gasteiger partial charge in [0.05, 0.1) is 0 Å². The van der Waals surface area contributed by atoms with Crippen molar-refractivity contribution < 1.29 is 0 Å². The lowest BCUT2D eigenvalue weighted by Crippen LogP contribution is -2.14. The van der Waals surface area contributed by atoms with Crippen LogP contribution in [-0.4, -0.2) is 35.1 Å². The highest BCUT2D eigenvalue weighted by Crippen LogP contribution is 2.12. The number of pyridine rings is 1. The molecule has 2 rings (SSSR count). The number of hydrogen-bond acceptors (Lipinski definition) is 2. The van der Waals surface area contributed by atoms with Gasteiger partial charge >= 0.3 is 0 Å². The summed E-state index contributed by atoms with van der Waals surface area (Å²) in [6.07, 6.45) is 4.34. The summed E-state index contributed by atoms with van der Waals surface area (Å²) in [5, 5.41) is 0. The van der Waals surface area contributed by atoms with Crippen LogP contribution >= 0.6 is 0 Å². The normalized spacial score (nSPS) is 11.1. The first-order chi connectivity index (χ1) is 8.66. The minimum Gasteiger partial charge on any atom is -0.309 e. The number of hydrogen-bond donors (Lipinski definition) is 0. The van der Waals surface area contributed by atoms with Gasteiger partial charge in [0, 0.05) is 17.6 Å². The molecular formula is C15H21N3. The van der Waals surface area contributed by atoms with Gasteiger partial charge in [0.2, 0.25) is 0 Å². The van der Waals surface area contributed by atoms with Gasteiger partial charge in [0.25, 0.3) is 0 Å². The van der Waals surface area contributed by atoms with Crippen LogP contribution in [0.5, 0.6) is 0 Å². The molecule has 0 aliphatic heterocycles. The molecule has 2 heterocycles. The molecule has 0 N–H and O–H groups in total. The average molecular weight is 243 g/mol. The molecule has 0 radical (unpaired) electrons. The summed E-state index contributed by atoms with van der Waals surface area (Å²) in [5.74, 6) is 1.01. The summed E-state index contributed by atoms with van der Waals surface area (Å²) in [6, 6.07) is 10.4. The van der Waals surface area contributed by atoms with Crippen LogP contribution in [0, 0.1) is 6.92 Å². The Balaban J connectivity index is 2.12. The third-order valence-electron chi connectivity index (χ3n) is 2.99. The zero-order valence-corrected chi connectivity index (χ0v) is 11.4. The van der Waals surface area contributed by atoms with E-state index >= 15 is 0 Å². The number of aromatic nitrogens is 2. The van der Waals surface area contributed by atoms with E-state index < -0.39 is 0 Å². The zero-order valence-electron chi connectivity index (χ0n) is 11.4. The van der Waals surface area contributed by atoms with Gasteiger partial charge in [-0.1, -0.05) is 6.07 Å². The quantitative estimate of drug-likeness (QED) is 0.805. The van der Waals surface area contributed by atoms with Crippen molar-refractivity contribution in [3.05, 3.63) is 47.9 Å². The summed E-state index contributed by atoms with van der Waals surface area (Å²) >= 11 is 0. The van der Waals surface area contributed by atoms with Crippen molar-refractivity contribution in [3.63, 3.8) is 0 Å². The molecule has 0 saturated heterocycles. The molecule has 2 aromatic rings. The molecular weight excluding hydrogens is 222 g/mol. The molecule has 0 aliphatic rings. The van der Waals surface area contributed by atoms with Gasteiger partial charge in [0.15, 0.2) is 0 Å². The Morgan fingerprint density at radius 2 is 2.00 bits per heavy atom. The fourth-order valence-corrected chi connectivity index (χ4v) is 2.08. The molecule has 0 aromatic carbocycles. The van der Waals surface area contributed by atoms with Gasteiger partial charge in [-0.15, -0.1) is 0 Å². The maximum Gasteiger partial charge on any atom is 0.137 e. The van der Waals surface area contributed by atoms with Crippen LogP contribution < -0.4 is 0 Å². The van der Waals surface area contributed by atoms with Crippen molar-refractivity contribution in [2.75, 3.05) is 20.6 Å². The maximum absolute atomic E-state index is 4.57. The topological polar surface area (TPSA) is 21.1 Å². The summed E-state index contributed by atoms with van der Waals surface area (Å²) in [6.45, 7) is 3.14. The monoisotopic (exact) mass is 243 g/mol. The Morgan fingerprint density at radius 1 is 1.17 bits per heavy atom. The summed E-state index contributed by atoms with van der Waals surface area (Å²) in [5.41, 5.74) is 2.38. The largest absolute Gasteiger partial charge is 0.309 e. The Hall–Kier alpha value is -1.61. The van der Waals surface area contributed by atoms with Crippen LogP contribution in [0.4, 0.5) is 0 Å². The van der Waals surface area contributed by atoms with E-state index in [9.17, 15) is 0 Å². The lowest BCUT2D eigenvalue weighted by molar-refractivity contribution is 0.399. The Labute approximate surface area is 109 Å². The molecule has 0 aliphatic carbocycles. The van der Waals surface area contributed by atoms with Gasteiger partial charge in [-0.3, -0.25) is 0 Å². The molecule has 0 unspecified atom stereocenters. The van der Waals surface area contributed by atoms with Crippen molar-refractivity contribution in [2.24, 2.45) is 0 Å². The van der Waals surface area contributed by atoms with E-state index in [0.29, 0.717) is 0 Å². The summed E-state index contributed by atoms with van der Waals surface area (Å²) in [7, 11) is 4.22. The SMILES string of the molecule is Cc1cccc(-n2cccc2CCCN(C)C)n1. The maximum atomic E-state index is 4.57. The van der Waals surface area contributed by atoms with Crippen molar-refractivity contribution >= 4 is 0 Å². The van der Waals surface area contributed by atoms with E-state index in [1.54, 1.807) is 0 Å². The molecule has 0 atom stereocenters. The number of rotatable bonds is 5. The number of nitrogens with zero attached hydrogens (tertiary/aromatic N) is 3. The Bertz CT molecular complexity index is 500. The van der Waals surface area contributed by atoms with Crippen molar-refractivity contribution in [2.45, 2.75) is 19.8 Å². The third-order valence-corrected chi connectivity index (χ3v) is 2.99. The van der Waals surface area contributed by atoms with E-state index in [1.807, 2.05) is 13.0 Å². The highest BCUT2D eigenvalue weighted by atomic mass is 15.1. The molecule has 0 spiro atoms. The van der Waals surface area contributed by atoms with Gasteiger partial charge in [-0.05, 0) is 64.7 Å². The first-order valence-electron chi connectivity index (χ1n) is 6.42. The predicted molar refractivity (Wildman–Crippen MR) is 75.2 cm³/mol.